The highest BCUT2D eigenvalue weighted by Gasteiger charge is 2.19. The van der Waals surface area contributed by atoms with Gasteiger partial charge in [0.1, 0.15) is 5.56 Å². The Morgan fingerprint density at radius 2 is 2.05 bits per heavy atom. The summed E-state index contributed by atoms with van der Waals surface area (Å²) in [4.78, 5) is 30.6. The van der Waals surface area contributed by atoms with E-state index in [0.29, 0.717) is 0 Å². The Labute approximate surface area is 113 Å². The largest absolute Gasteiger partial charge is 0.465 e. The van der Waals surface area contributed by atoms with Crippen LogP contribution in [0.4, 0.5) is 5.82 Å². The zero-order valence-corrected chi connectivity index (χ0v) is 10.5. The molecule has 0 aliphatic heterocycles. The van der Waals surface area contributed by atoms with Gasteiger partial charge in [0.15, 0.2) is 23.9 Å². The molecule has 0 amide bonds. The summed E-state index contributed by atoms with van der Waals surface area (Å²) in [6.45, 7) is -0.244. The molecule has 0 aliphatic carbocycles. The SMILES string of the molecule is COC(=O)c1ccoc1COC(=O)c1nccnc1N. The highest BCUT2D eigenvalue weighted by molar-refractivity contribution is 5.92. The molecule has 8 heteroatoms. The molecule has 2 N–H and O–H groups in total. The average Bonchev–Trinajstić information content (AvgIpc) is 2.93. The van der Waals surface area contributed by atoms with Crippen molar-refractivity contribution in [2.24, 2.45) is 0 Å². The van der Waals surface area contributed by atoms with E-state index in [0.717, 1.165) is 0 Å². The van der Waals surface area contributed by atoms with Gasteiger partial charge in [0.2, 0.25) is 0 Å². The third kappa shape index (κ3) is 2.74. The first-order valence-corrected chi connectivity index (χ1v) is 5.51. The van der Waals surface area contributed by atoms with E-state index >= 15 is 0 Å². The zero-order chi connectivity index (χ0) is 14.5. The van der Waals surface area contributed by atoms with Gasteiger partial charge in [-0.05, 0) is 6.07 Å². The number of carbonyl (C=O) groups excluding carboxylic acids is 2. The summed E-state index contributed by atoms with van der Waals surface area (Å²) in [5.74, 6) is -1.20. The van der Waals surface area contributed by atoms with Crippen LogP contribution in [0.5, 0.6) is 0 Å². The van der Waals surface area contributed by atoms with Gasteiger partial charge in [0.25, 0.3) is 0 Å². The van der Waals surface area contributed by atoms with E-state index in [9.17, 15) is 9.59 Å². The first-order chi connectivity index (χ1) is 9.63. The zero-order valence-electron chi connectivity index (χ0n) is 10.5. The normalized spacial score (nSPS) is 10.1. The number of nitrogen functional groups attached to an aromatic ring is 1. The lowest BCUT2D eigenvalue weighted by Gasteiger charge is -2.05. The lowest BCUT2D eigenvalue weighted by molar-refractivity contribution is 0.0426. The number of hydrogen-bond acceptors (Lipinski definition) is 8. The molecule has 2 heterocycles. The van der Waals surface area contributed by atoms with Crippen molar-refractivity contribution >= 4 is 17.8 Å². The number of aromatic nitrogens is 2. The Morgan fingerprint density at radius 1 is 1.30 bits per heavy atom. The van der Waals surface area contributed by atoms with Crippen LogP contribution in [0.15, 0.2) is 29.1 Å². The summed E-state index contributed by atoms with van der Waals surface area (Å²) < 4.78 is 14.6. The first-order valence-electron chi connectivity index (χ1n) is 5.51. The number of hydrogen-bond donors (Lipinski definition) is 1. The molecule has 0 saturated carbocycles. The van der Waals surface area contributed by atoms with Crippen LogP contribution < -0.4 is 5.73 Å². The fraction of sp³-hybridized carbons (Fsp3) is 0.167. The van der Waals surface area contributed by atoms with Crippen molar-refractivity contribution in [1.29, 1.82) is 0 Å². The van der Waals surface area contributed by atoms with E-state index in [4.69, 9.17) is 14.9 Å². The standard InChI is InChI=1S/C12H11N3O5/c1-18-11(16)7-2-5-19-8(7)6-20-12(17)9-10(13)15-4-3-14-9/h2-5H,6H2,1H3,(H2,13,15). The molecule has 8 nitrogen and oxygen atoms in total. The van der Waals surface area contributed by atoms with Gasteiger partial charge in [0.05, 0.1) is 13.4 Å². The smallest absolute Gasteiger partial charge is 0.361 e. The van der Waals surface area contributed by atoms with Crippen LogP contribution in [-0.2, 0) is 16.1 Å². The quantitative estimate of drug-likeness (QED) is 0.815. The molecule has 2 aromatic rings. The molecular formula is C12H11N3O5. The van der Waals surface area contributed by atoms with Gasteiger partial charge in [-0.3, -0.25) is 0 Å². The second kappa shape index (κ2) is 5.83. The number of carbonyl (C=O) groups is 2. The number of furan rings is 1. The van der Waals surface area contributed by atoms with Crippen molar-refractivity contribution in [3.8, 4) is 0 Å². The maximum Gasteiger partial charge on any atom is 0.361 e. The van der Waals surface area contributed by atoms with E-state index in [1.54, 1.807) is 0 Å². The number of nitrogens with zero attached hydrogens (tertiary/aromatic N) is 2. The van der Waals surface area contributed by atoms with Crippen LogP contribution in [0.1, 0.15) is 26.6 Å². The van der Waals surface area contributed by atoms with E-state index in [1.807, 2.05) is 0 Å². The number of ether oxygens (including phenoxy) is 2. The van der Waals surface area contributed by atoms with Gasteiger partial charge in [-0.2, -0.15) is 0 Å². The predicted octanol–water partition coefficient (Wildman–Crippen LogP) is 0.795. The van der Waals surface area contributed by atoms with Crippen molar-refractivity contribution in [1.82, 2.24) is 9.97 Å². The Morgan fingerprint density at radius 3 is 2.75 bits per heavy atom. The second-order valence-electron chi connectivity index (χ2n) is 3.62. The van der Waals surface area contributed by atoms with Crippen LogP contribution in [-0.4, -0.2) is 29.0 Å². The molecule has 2 aromatic heterocycles. The minimum Gasteiger partial charge on any atom is -0.465 e. The molecule has 0 bridgehead atoms. The van der Waals surface area contributed by atoms with Gasteiger partial charge in [-0.15, -0.1) is 0 Å². The van der Waals surface area contributed by atoms with Crippen molar-refractivity contribution in [3.63, 3.8) is 0 Å². The molecule has 0 aliphatic rings. The summed E-state index contributed by atoms with van der Waals surface area (Å²) in [6, 6.07) is 1.42. The fourth-order valence-corrected chi connectivity index (χ4v) is 1.45. The molecule has 0 fully saturated rings. The van der Waals surface area contributed by atoms with E-state index < -0.39 is 11.9 Å². The molecule has 0 saturated heterocycles. The monoisotopic (exact) mass is 277 g/mol. The molecule has 0 unspecified atom stereocenters. The highest BCUT2D eigenvalue weighted by atomic mass is 16.5. The predicted molar refractivity (Wildman–Crippen MR) is 65.6 cm³/mol. The number of anilines is 1. The fourth-order valence-electron chi connectivity index (χ4n) is 1.45. The lowest BCUT2D eigenvalue weighted by atomic mass is 10.2. The molecule has 0 radical (unpaired) electrons. The summed E-state index contributed by atoms with van der Waals surface area (Å²) in [7, 11) is 1.24. The van der Waals surface area contributed by atoms with Crippen LogP contribution in [0, 0.1) is 0 Å². The van der Waals surface area contributed by atoms with E-state index in [2.05, 4.69) is 14.7 Å². The van der Waals surface area contributed by atoms with Crippen molar-refractivity contribution in [2.45, 2.75) is 6.61 Å². The highest BCUT2D eigenvalue weighted by Crippen LogP contribution is 2.14. The minimum absolute atomic E-state index is 0.0369. The summed E-state index contributed by atoms with van der Waals surface area (Å²) in [5, 5.41) is 0. The molecule has 0 spiro atoms. The number of nitrogens with two attached hydrogens (primary N) is 1. The van der Waals surface area contributed by atoms with E-state index in [1.165, 1.54) is 31.8 Å². The third-order valence-electron chi connectivity index (χ3n) is 2.40. The van der Waals surface area contributed by atoms with Crippen molar-refractivity contribution < 1.29 is 23.5 Å². The topological polar surface area (TPSA) is 118 Å². The molecule has 0 atom stereocenters. The van der Waals surface area contributed by atoms with Crippen molar-refractivity contribution in [2.75, 3.05) is 12.8 Å². The maximum atomic E-state index is 11.7. The Hall–Kier alpha value is -2.90. The summed E-state index contributed by atoms with van der Waals surface area (Å²) in [5.41, 5.74) is 5.59. The number of esters is 2. The minimum atomic E-state index is -0.761. The summed E-state index contributed by atoms with van der Waals surface area (Å²) >= 11 is 0. The average molecular weight is 277 g/mol. The summed E-state index contributed by atoms with van der Waals surface area (Å²) in [6.07, 6.45) is 3.97. The number of methoxy groups -OCH3 is 1. The Balaban J connectivity index is 2.06. The lowest BCUT2D eigenvalue weighted by Crippen LogP contribution is -2.12. The number of rotatable bonds is 4. The Kier molecular flexibility index (Phi) is 3.94. The molecular weight excluding hydrogens is 266 g/mol. The van der Waals surface area contributed by atoms with Gasteiger partial charge >= 0.3 is 11.9 Å². The van der Waals surface area contributed by atoms with Crippen LogP contribution in [0.2, 0.25) is 0 Å². The molecule has 20 heavy (non-hydrogen) atoms. The van der Waals surface area contributed by atoms with E-state index in [-0.39, 0.29) is 29.4 Å². The van der Waals surface area contributed by atoms with Gasteiger partial charge < -0.3 is 19.6 Å². The Bertz CT molecular complexity index is 638. The second-order valence-corrected chi connectivity index (χ2v) is 3.62. The van der Waals surface area contributed by atoms with Crippen LogP contribution >= 0.6 is 0 Å². The van der Waals surface area contributed by atoms with Crippen LogP contribution in [0.3, 0.4) is 0 Å². The maximum absolute atomic E-state index is 11.7. The van der Waals surface area contributed by atoms with Gasteiger partial charge in [-0.25, -0.2) is 19.6 Å². The molecule has 0 aromatic carbocycles. The first kappa shape index (κ1) is 13.5. The third-order valence-corrected chi connectivity index (χ3v) is 2.40. The molecule has 104 valence electrons. The van der Waals surface area contributed by atoms with Crippen molar-refractivity contribution in [3.05, 3.63) is 41.7 Å². The van der Waals surface area contributed by atoms with Gasteiger partial charge in [0, 0.05) is 12.4 Å². The molecule has 2 rings (SSSR count). The van der Waals surface area contributed by atoms with Crippen LogP contribution in [0.25, 0.3) is 0 Å². The van der Waals surface area contributed by atoms with Gasteiger partial charge in [-0.1, -0.05) is 0 Å².